The molecule has 3 rings (SSSR count). The number of carbonyl (C=O) groups excluding carboxylic acids is 1. The molecule has 2 aromatic carbocycles. The maximum absolute atomic E-state index is 12.8. The van der Waals surface area contributed by atoms with Gasteiger partial charge in [0.15, 0.2) is 0 Å². The lowest BCUT2D eigenvalue weighted by molar-refractivity contribution is -0.137. The van der Waals surface area contributed by atoms with Gasteiger partial charge in [0.25, 0.3) is 5.91 Å². The first kappa shape index (κ1) is 24.0. The van der Waals surface area contributed by atoms with Crippen LogP contribution in [0.5, 0.6) is 0 Å². The predicted octanol–water partition coefficient (Wildman–Crippen LogP) is 5.25. The number of aromatic nitrogens is 2. The van der Waals surface area contributed by atoms with E-state index in [2.05, 4.69) is 20.7 Å². The zero-order valence-electron chi connectivity index (χ0n) is 18.9. The number of amides is 1. The summed E-state index contributed by atoms with van der Waals surface area (Å²) >= 11 is 0. The Hall–Kier alpha value is -3.62. The summed E-state index contributed by atoms with van der Waals surface area (Å²) in [4.78, 5) is 17.3. The molecular formula is C24H26F3N5O. The van der Waals surface area contributed by atoms with Crippen molar-refractivity contribution in [2.45, 2.75) is 47.0 Å². The standard InChI is InChI=1S/C24H26F3N5O/c1-5-32-17(4)21(16(3)31-32)14-28-23(29-20-8-6-7-15(2)13-20)30-22(33)18-9-11-19(12-10-18)24(25,26)27/h6-13H,5,14H2,1-4H3,(H2,28,29,30,33). The highest BCUT2D eigenvalue weighted by molar-refractivity contribution is 6.10. The smallest absolute Gasteiger partial charge is 0.326 e. The van der Waals surface area contributed by atoms with Crippen LogP contribution in [0, 0.1) is 20.8 Å². The first-order valence-electron chi connectivity index (χ1n) is 10.5. The number of halogens is 3. The Morgan fingerprint density at radius 2 is 1.79 bits per heavy atom. The van der Waals surface area contributed by atoms with E-state index in [1.54, 1.807) is 0 Å². The molecule has 0 spiro atoms. The second kappa shape index (κ2) is 9.89. The molecule has 0 saturated heterocycles. The van der Waals surface area contributed by atoms with Gasteiger partial charge in [-0.05, 0) is 69.7 Å². The van der Waals surface area contributed by atoms with E-state index in [1.807, 2.05) is 56.6 Å². The lowest BCUT2D eigenvalue weighted by Crippen LogP contribution is -2.36. The Morgan fingerprint density at radius 1 is 1.09 bits per heavy atom. The van der Waals surface area contributed by atoms with Crippen LogP contribution in [-0.4, -0.2) is 21.6 Å². The highest BCUT2D eigenvalue weighted by atomic mass is 19.4. The molecule has 0 aliphatic rings. The van der Waals surface area contributed by atoms with Gasteiger partial charge < -0.3 is 5.32 Å². The van der Waals surface area contributed by atoms with Gasteiger partial charge in [0, 0.05) is 29.1 Å². The van der Waals surface area contributed by atoms with Crippen molar-refractivity contribution in [3.8, 4) is 0 Å². The molecule has 3 aromatic rings. The van der Waals surface area contributed by atoms with Crippen LogP contribution in [0.4, 0.5) is 18.9 Å². The van der Waals surface area contributed by atoms with E-state index in [9.17, 15) is 18.0 Å². The van der Waals surface area contributed by atoms with Crippen LogP contribution in [0.2, 0.25) is 0 Å². The molecule has 9 heteroatoms. The maximum Gasteiger partial charge on any atom is 0.416 e. The summed E-state index contributed by atoms with van der Waals surface area (Å²) in [6.45, 7) is 8.81. The van der Waals surface area contributed by atoms with Crippen molar-refractivity contribution in [2.24, 2.45) is 4.99 Å². The zero-order valence-corrected chi connectivity index (χ0v) is 18.9. The number of nitrogens with one attached hydrogen (secondary N) is 2. The highest BCUT2D eigenvalue weighted by Crippen LogP contribution is 2.29. The molecule has 174 valence electrons. The van der Waals surface area contributed by atoms with Gasteiger partial charge in [-0.15, -0.1) is 0 Å². The molecule has 0 radical (unpaired) electrons. The summed E-state index contributed by atoms with van der Waals surface area (Å²) in [7, 11) is 0. The van der Waals surface area contributed by atoms with Gasteiger partial charge in [-0.25, -0.2) is 4.99 Å². The number of alkyl halides is 3. The van der Waals surface area contributed by atoms with Gasteiger partial charge in [-0.2, -0.15) is 18.3 Å². The highest BCUT2D eigenvalue weighted by Gasteiger charge is 2.30. The van der Waals surface area contributed by atoms with E-state index >= 15 is 0 Å². The molecule has 1 amide bonds. The third-order valence-electron chi connectivity index (χ3n) is 5.21. The topological polar surface area (TPSA) is 71.3 Å². The lowest BCUT2D eigenvalue weighted by atomic mass is 10.1. The van der Waals surface area contributed by atoms with Crippen LogP contribution < -0.4 is 10.6 Å². The number of nitrogens with zero attached hydrogens (tertiary/aromatic N) is 3. The van der Waals surface area contributed by atoms with Crippen LogP contribution in [0.3, 0.4) is 0 Å². The number of carbonyl (C=O) groups is 1. The minimum Gasteiger partial charge on any atom is -0.326 e. The van der Waals surface area contributed by atoms with E-state index in [4.69, 9.17) is 0 Å². The third kappa shape index (κ3) is 6.00. The van der Waals surface area contributed by atoms with Gasteiger partial charge in [0.05, 0.1) is 17.8 Å². The molecule has 0 fully saturated rings. The fourth-order valence-electron chi connectivity index (χ4n) is 3.39. The van der Waals surface area contributed by atoms with E-state index < -0.39 is 17.6 Å². The summed E-state index contributed by atoms with van der Waals surface area (Å²) in [6, 6.07) is 11.6. The number of aliphatic imine (C=N–C) groups is 1. The summed E-state index contributed by atoms with van der Waals surface area (Å²) in [5.74, 6) is -0.381. The van der Waals surface area contributed by atoms with Crippen LogP contribution in [0.1, 0.15) is 45.4 Å². The number of benzene rings is 2. The molecule has 0 atom stereocenters. The quantitative estimate of drug-likeness (QED) is 0.406. The molecule has 2 N–H and O–H groups in total. The van der Waals surface area contributed by atoms with Crippen molar-refractivity contribution < 1.29 is 18.0 Å². The minimum absolute atomic E-state index is 0.0907. The fraction of sp³-hybridized carbons (Fsp3) is 0.292. The van der Waals surface area contributed by atoms with Crippen molar-refractivity contribution in [3.63, 3.8) is 0 Å². The Labute approximate surface area is 190 Å². The van der Waals surface area contributed by atoms with Crippen LogP contribution in [-0.2, 0) is 19.3 Å². The van der Waals surface area contributed by atoms with E-state index in [-0.39, 0.29) is 18.1 Å². The van der Waals surface area contributed by atoms with E-state index in [1.165, 1.54) is 0 Å². The number of hydrogen-bond acceptors (Lipinski definition) is 3. The molecule has 33 heavy (non-hydrogen) atoms. The molecule has 0 aliphatic heterocycles. The summed E-state index contributed by atoms with van der Waals surface area (Å²) in [5.41, 5.74) is 3.80. The maximum atomic E-state index is 12.8. The number of anilines is 1. The molecular weight excluding hydrogens is 431 g/mol. The van der Waals surface area contributed by atoms with Gasteiger partial charge in [-0.1, -0.05) is 12.1 Å². The predicted molar refractivity (Wildman–Crippen MR) is 122 cm³/mol. The Balaban J connectivity index is 1.86. The Kier molecular flexibility index (Phi) is 7.20. The first-order chi connectivity index (χ1) is 15.6. The second-order valence-electron chi connectivity index (χ2n) is 7.65. The van der Waals surface area contributed by atoms with Crippen LogP contribution in [0.15, 0.2) is 53.5 Å². The zero-order chi connectivity index (χ0) is 24.2. The average Bonchev–Trinajstić information content (AvgIpc) is 3.04. The average molecular weight is 458 g/mol. The lowest BCUT2D eigenvalue weighted by Gasteiger charge is -2.13. The van der Waals surface area contributed by atoms with Gasteiger partial charge in [0.2, 0.25) is 5.96 Å². The Bertz CT molecular complexity index is 1160. The monoisotopic (exact) mass is 457 g/mol. The number of guanidine groups is 1. The van der Waals surface area contributed by atoms with Crippen molar-refractivity contribution in [1.29, 1.82) is 0 Å². The number of aryl methyl sites for hydroxylation is 3. The van der Waals surface area contributed by atoms with Gasteiger partial charge in [0.1, 0.15) is 0 Å². The van der Waals surface area contributed by atoms with Crippen LogP contribution >= 0.6 is 0 Å². The first-order valence-corrected chi connectivity index (χ1v) is 10.5. The molecule has 0 aliphatic carbocycles. The van der Waals surface area contributed by atoms with E-state index in [0.717, 1.165) is 59.0 Å². The summed E-state index contributed by atoms with van der Waals surface area (Å²) < 4.78 is 40.4. The van der Waals surface area contributed by atoms with Crippen molar-refractivity contribution >= 4 is 17.6 Å². The fourth-order valence-corrected chi connectivity index (χ4v) is 3.39. The molecule has 1 aromatic heterocycles. The second-order valence-corrected chi connectivity index (χ2v) is 7.65. The third-order valence-corrected chi connectivity index (χ3v) is 5.21. The molecule has 0 saturated carbocycles. The summed E-state index contributed by atoms with van der Waals surface area (Å²) in [6.07, 6.45) is -4.47. The minimum atomic E-state index is -4.47. The van der Waals surface area contributed by atoms with Crippen molar-refractivity contribution in [2.75, 3.05) is 5.32 Å². The normalized spacial score (nSPS) is 12.0. The van der Waals surface area contributed by atoms with Crippen LogP contribution in [0.25, 0.3) is 0 Å². The Morgan fingerprint density at radius 3 is 2.36 bits per heavy atom. The molecule has 0 unspecified atom stereocenters. The van der Waals surface area contributed by atoms with Gasteiger partial charge >= 0.3 is 6.18 Å². The van der Waals surface area contributed by atoms with E-state index in [0.29, 0.717) is 0 Å². The largest absolute Gasteiger partial charge is 0.416 e. The SMILES string of the molecule is CCn1nc(C)c(CN=C(NC(=O)c2ccc(C(F)(F)F)cc2)Nc2cccc(C)c2)c1C. The molecule has 1 heterocycles. The van der Waals surface area contributed by atoms with Gasteiger partial charge in [-0.3, -0.25) is 14.8 Å². The molecule has 0 bridgehead atoms. The van der Waals surface area contributed by atoms with Crippen molar-refractivity contribution in [1.82, 2.24) is 15.1 Å². The molecule has 6 nitrogen and oxygen atoms in total. The van der Waals surface area contributed by atoms with Crippen molar-refractivity contribution in [3.05, 3.63) is 82.2 Å². The number of hydrogen-bond donors (Lipinski definition) is 2. The number of rotatable bonds is 5. The summed E-state index contributed by atoms with van der Waals surface area (Å²) in [5, 5.41) is 10.3.